The summed E-state index contributed by atoms with van der Waals surface area (Å²) in [7, 11) is -3.65. The van der Waals surface area contributed by atoms with E-state index in [1.165, 1.54) is 44.6 Å². The van der Waals surface area contributed by atoms with Gasteiger partial charge in [0.25, 0.3) is 5.91 Å². The van der Waals surface area contributed by atoms with Gasteiger partial charge < -0.3 is 10.1 Å². The monoisotopic (exact) mass is 515 g/mol. The van der Waals surface area contributed by atoms with Crippen LogP contribution in [0.4, 0.5) is 16.2 Å². The summed E-state index contributed by atoms with van der Waals surface area (Å²) in [6.07, 6.45) is 6.83. The van der Waals surface area contributed by atoms with Crippen molar-refractivity contribution < 1.29 is 22.3 Å². The van der Waals surface area contributed by atoms with E-state index in [4.69, 9.17) is 4.74 Å². The van der Waals surface area contributed by atoms with Crippen LogP contribution in [0, 0.1) is 5.92 Å². The molecule has 190 valence electrons. The van der Waals surface area contributed by atoms with E-state index in [0.717, 1.165) is 0 Å². The maximum atomic E-state index is 16.2. The lowest BCUT2D eigenvalue weighted by molar-refractivity contribution is -0.131. The van der Waals surface area contributed by atoms with Crippen LogP contribution in [0.2, 0.25) is 0 Å². The number of sulfonamides is 1. The Morgan fingerprint density at radius 1 is 1.17 bits per heavy atom. The minimum Gasteiger partial charge on any atom is -0.477 e. The minimum atomic E-state index is -3.65. The van der Waals surface area contributed by atoms with Gasteiger partial charge in [0, 0.05) is 23.9 Å². The Bertz CT molecular complexity index is 1350. The predicted octanol–water partition coefficient (Wildman–Crippen LogP) is 3.09. The summed E-state index contributed by atoms with van der Waals surface area (Å²) in [6.45, 7) is 5.33. The molecular formula is C23H26FN7O4S. The summed E-state index contributed by atoms with van der Waals surface area (Å²) < 4.78 is 48.3. The number of hydrogen-bond donors (Lipinski definition) is 2. The molecular weight excluding hydrogens is 489 g/mol. The van der Waals surface area contributed by atoms with E-state index in [2.05, 4.69) is 35.0 Å². The topological polar surface area (TPSA) is 149 Å². The number of nitrogens with one attached hydrogen (secondary N) is 2. The van der Waals surface area contributed by atoms with Crippen LogP contribution in [0.1, 0.15) is 39.3 Å². The molecule has 11 nitrogen and oxygen atoms in total. The van der Waals surface area contributed by atoms with Crippen molar-refractivity contribution in [2.75, 3.05) is 16.6 Å². The molecule has 1 aliphatic carbocycles. The van der Waals surface area contributed by atoms with Gasteiger partial charge in [-0.15, -0.1) is 0 Å². The maximum Gasteiger partial charge on any atom is 0.269 e. The second-order valence-corrected chi connectivity index (χ2v) is 10.5. The number of alkyl halides is 1. The average molecular weight is 516 g/mol. The quantitative estimate of drug-likeness (QED) is 0.415. The normalized spacial score (nSPS) is 15.2. The largest absolute Gasteiger partial charge is 0.477 e. The number of anilines is 2. The van der Waals surface area contributed by atoms with E-state index < -0.39 is 32.8 Å². The second-order valence-electron chi connectivity index (χ2n) is 8.54. The number of carbonyl (C=O) groups excluding carboxylic acids is 1. The summed E-state index contributed by atoms with van der Waals surface area (Å²) in [5.41, 5.74) is -1.70. The van der Waals surface area contributed by atoms with Gasteiger partial charge in [0.1, 0.15) is 5.82 Å². The lowest BCUT2D eigenvalue weighted by Crippen LogP contribution is -2.42. The van der Waals surface area contributed by atoms with Crippen molar-refractivity contribution >= 4 is 27.7 Å². The Labute approximate surface area is 208 Å². The first-order chi connectivity index (χ1) is 17.1. The van der Waals surface area contributed by atoms with E-state index in [-0.39, 0.29) is 17.5 Å². The first-order valence-electron chi connectivity index (χ1n) is 11.4. The van der Waals surface area contributed by atoms with Crippen molar-refractivity contribution in [3.63, 3.8) is 0 Å². The molecule has 0 saturated heterocycles. The van der Waals surface area contributed by atoms with Gasteiger partial charge in [-0.2, -0.15) is 0 Å². The number of hydrogen-bond acceptors (Lipinski definition) is 9. The highest BCUT2D eigenvalue weighted by atomic mass is 32.2. The van der Waals surface area contributed by atoms with Crippen LogP contribution in [-0.4, -0.2) is 51.1 Å². The van der Waals surface area contributed by atoms with Gasteiger partial charge >= 0.3 is 0 Å². The van der Waals surface area contributed by atoms with E-state index >= 15 is 4.39 Å². The summed E-state index contributed by atoms with van der Waals surface area (Å²) in [6, 6.07) is 4.42. The SMILES string of the molecule is CCOc1cncc(-c2ccc(NC(=O)C(F)(c3ccnc(NS(=O)(=O)C4CC4)n3)C(C)C)nc2)n1. The van der Waals surface area contributed by atoms with Crippen LogP contribution in [0.15, 0.2) is 43.0 Å². The lowest BCUT2D eigenvalue weighted by Gasteiger charge is -2.27. The number of nitrogens with zero attached hydrogens (tertiary/aromatic N) is 5. The molecule has 36 heavy (non-hydrogen) atoms. The summed E-state index contributed by atoms with van der Waals surface area (Å²) in [5.74, 6) is -1.63. The van der Waals surface area contributed by atoms with Gasteiger partial charge in [-0.25, -0.2) is 32.7 Å². The maximum absolute atomic E-state index is 16.2. The van der Waals surface area contributed by atoms with E-state index in [1.807, 2.05) is 6.92 Å². The van der Waals surface area contributed by atoms with E-state index in [0.29, 0.717) is 36.6 Å². The van der Waals surface area contributed by atoms with E-state index in [9.17, 15) is 13.2 Å². The van der Waals surface area contributed by atoms with Crippen molar-refractivity contribution in [2.45, 2.75) is 44.5 Å². The van der Waals surface area contributed by atoms with Crippen LogP contribution in [0.3, 0.4) is 0 Å². The van der Waals surface area contributed by atoms with Crippen molar-refractivity contribution in [2.24, 2.45) is 5.92 Å². The van der Waals surface area contributed by atoms with Gasteiger partial charge in [0.2, 0.25) is 27.5 Å². The number of ether oxygens (including phenoxy) is 1. The van der Waals surface area contributed by atoms with E-state index in [1.54, 1.807) is 12.3 Å². The highest BCUT2D eigenvalue weighted by molar-refractivity contribution is 7.93. The highest BCUT2D eigenvalue weighted by Crippen LogP contribution is 2.35. The van der Waals surface area contributed by atoms with Gasteiger partial charge in [0.05, 0.1) is 35.6 Å². The molecule has 3 heterocycles. The molecule has 3 aromatic rings. The highest BCUT2D eigenvalue weighted by Gasteiger charge is 2.46. The van der Waals surface area contributed by atoms with Crippen molar-refractivity contribution in [3.8, 4) is 17.1 Å². The summed E-state index contributed by atoms with van der Waals surface area (Å²) >= 11 is 0. The Morgan fingerprint density at radius 2 is 1.94 bits per heavy atom. The fourth-order valence-corrected chi connectivity index (χ4v) is 4.68. The van der Waals surface area contributed by atoms with Crippen molar-refractivity contribution in [1.29, 1.82) is 0 Å². The number of rotatable bonds is 10. The Balaban J connectivity index is 1.53. The molecule has 13 heteroatoms. The van der Waals surface area contributed by atoms with Crippen LogP contribution in [0.5, 0.6) is 5.88 Å². The van der Waals surface area contributed by atoms with Crippen molar-refractivity contribution in [3.05, 3.63) is 48.7 Å². The number of amides is 1. The van der Waals surface area contributed by atoms with Gasteiger partial charge in [-0.1, -0.05) is 13.8 Å². The molecule has 0 spiro atoms. The summed E-state index contributed by atoms with van der Waals surface area (Å²) in [5, 5.41) is 1.98. The Hall–Kier alpha value is -3.74. The Kier molecular flexibility index (Phi) is 7.11. The zero-order valence-electron chi connectivity index (χ0n) is 20.0. The Morgan fingerprint density at radius 3 is 2.58 bits per heavy atom. The van der Waals surface area contributed by atoms with Gasteiger partial charge in [-0.05, 0) is 38.0 Å². The number of carbonyl (C=O) groups is 1. The first kappa shape index (κ1) is 25.4. The molecule has 1 unspecified atom stereocenters. The zero-order chi connectivity index (χ0) is 25.9. The molecule has 1 atom stereocenters. The minimum absolute atomic E-state index is 0.115. The predicted molar refractivity (Wildman–Crippen MR) is 130 cm³/mol. The van der Waals surface area contributed by atoms with Gasteiger partial charge in [-0.3, -0.25) is 14.5 Å². The van der Waals surface area contributed by atoms with Crippen molar-refractivity contribution in [1.82, 2.24) is 24.9 Å². The third-order valence-corrected chi connectivity index (χ3v) is 7.37. The molecule has 2 N–H and O–H groups in total. The average Bonchev–Trinajstić information content (AvgIpc) is 3.71. The van der Waals surface area contributed by atoms with Crippen LogP contribution >= 0.6 is 0 Å². The zero-order valence-corrected chi connectivity index (χ0v) is 20.8. The molecule has 1 fully saturated rings. The summed E-state index contributed by atoms with van der Waals surface area (Å²) in [4.78, 5) is 33.6. The first-order valence-corrected chi connectivity index (χ1v) is 12.9. The third-order valence-electron chi connectivity index (χ3n) is 5.56. The molecule has 0 bridgehead atoms. The van der Waals surface area contributed by atoms with Crippen LogP contribution < -0.4 is 14.8 Å². The number of halogens is 1. The molecule has 0 radical (unpaired) electrons. The molecule has 0 aliphatic heterocycles. The lowest BCUT2D eigenvalue weighted by atomic mass is 9.87. The fourth-order valence-electron chi connectivity index (χ4n) is 3.40. The molecule has 1 saturated carbocycles. The molecule has 4 rings (SSSR count). The third kappa shape index (κ3) is 5.40. The molecule has 0 aromatic carbocycles. The smallest absolute Gasteiger partial charge is 0.269 e. The standard InChI is InChI=1S/C23H26FN7O4S/c1-4-35-20-13-25-12-17(28-20)15-5-8-19(27-11-15)30-21(32)23(24,14(2)3)18-9-10-26-22(29-18)31-36(33,34)16-6-7-16/h5,8-14,16H,4,6-7H2,1-3H3,(H,26,29,31)(H,27,30,32). The number of aromatic nitrogens is 5. The fraction of sp³-hybridized carbons (Fsp3) is 0.391. The second kappa shape index (κ2) is 10.1. The molecule has 1 amide bonds. The van der Waals surface area contributed by atoms with Crippen LogP contribution in [-0.2, 0) is 20.5 Å². The number of pyridine rings is 1. The van der Waals surface area contributed by atoms with Gasteiger partial charge in [0.15, 0.2) is 0 Å². The van der Waals surface area contributed by atoms with Crippen LogP contribution in [0.25, 0.3) is 11.3 Å². The molecule has 3 aromatic heterocycles. The molecule has 1 aliphatic rings.